The molecule has 0 aliphatic carbocycles. The minimum atomic E-state index is -0.159. The number of hydrogen-bond acceptors (Lipinski definition) is 3. The van der Waals surface area contributed by atoms with Crippen molar-refractivity contribution >= 4 is 12.2 Å². The number of rotatable bonds is 4. The molecule has 5 heteroatoms. The van der Waals surface area contributed by atoms with Gasteiger partial charge in [0.1, 0.15) is 0 Å². The normalized spacial score (nSPS) is 10.2. The first-order chi connectivity index (χ1) is 6.24. The predicted molar refractivity (Wildman–Crippen MR) is 52.4 cm³/mol. The van der Waals surface area contributed by atoms with Crippen LogP contribution >= 0.6 is 12.2 Å². The average molecular weight is 200 g/mol. The summed E-state index contributed by atoms with van der Waals surface area (Å²) < 4.78 is 7.18. The van der Waals surface area contributed by atoms with Gasteiger partial charge in [0.05, 0.1) is 0 Å². The van der Waals surface area contributed by atoms with Crippen LogP contribution in [0.15, 0.2) is 17.1 Å². The number of H-pyrrole nitrogens is 1. The molecule has 1 rings (SSSR count). The molecule has 0 atom stereocenters. The van der Waals surface area contributed by atoms with E-state index in [0.717, 1.165) is 13.0 Å². The fourth-order valence-electron chi connectivity index (χ4n) is 1.000. The van der Waals surface area contributed by atoms with E-state index in [9.17, 15) is 4.79 Å². The molecule has 0 unspecified atom stereocenters. The molecule has 1 N–H and O–H groups in total. The van der Waals surface area contributed by atoms with Crippen LogP contribution in [0, 0.1) is 4.77 Å². The zero-order valence-electron chi connectivity index (χ0n) is 7.45. The van der Waals surface area contributed by atoms with E-state index in [4.69, 9.17) is 17.0 Å². The molecular weight excluding hydrogens is 188 g/mol. The minimum Gasteiger partial charge on any atom is -0.385 e. The highest BCUT2D eigenvalue weighted by Crippen LogP contribution is 1.90. The molecular formula is C8H12N2O2S. The van der Waals surface area contributed by atoms with Crippen molar-refractivity contribution in [3.63, 3.8) is 0 Å². The van der Waals surface area contributed by atoms with Crippen molar-refractivity contribution in [3.8, 4) is 0 Å². The van der Waals surface area contributed by atoms with Gasteiger partial charge in [-0.3, -0.25) is 9.78 Å². The second-order valence-corrected chi connectivity index (χ2v) is 3.04. The second-order valence-electron chi connectivity index (χ2n) is 2.65. The SMILES string of the molecule is COCCCn1ccc(=O)[nH]c1=S. The largest absolute Gasteiger partial charge is 0.385 e. The average Bonchev–Trinajstić information content (AvgIpc) is 2.09. The first-order valence-electron chi connectivity index (χ1n) is 4.03. The van der Waals surface area contributed by atoms with Crippen molar-refractivity contribution in [2.24, 2.45) is 0 Å². The van der Waals surface area contributed by atoms with Crippen LogP contribution in [0.1, 0.15) is 6.42 Å². The van der Waals surface area contributed by atoms with Crippen molar-refractivity contribution in [2.75, 3.05) is 13.7 Å². The van der Waals surface area contributed by atoms with E-state index in [1.807, 2.05) is 4.57 Å². The number of aromatic nitrogens is 2. The molecule has 0 amide bonds. The zero-order valence-corrected chi connectivity index (χ0v) is 8.26. The van der Waals surface area contributed by atoms with E-state index in [1.54, 1.807) is 13.3 Å². The van der Waals surface area contributed by atoms with Crippen LogP contribution < -0.4 is 5.56 Å². The Bertz CT molecular complexity index is 369. The molecule has 0 saturated heterocycles. The Balaban J connectivity index is 2.67. The van der Waals surface area contributed by atoms with E-state index in [0.29, 0.717) is 11.4 Å². The molecule has 0 radical (unpaired) electrons. The highest BCUT2D eigenvalue weighted by molar-refractivity contribution is 7.71. The van der Waals surface area contributed by atoms with Crippen LogP contribution in [0.5, 0.6) is 0 Å². The lowest BCUT2D eigenvalue weighted by molar-refractivity contribution is 0.190. The molecule has 13 heavy (non-hydrogen) atoms. The Morgan fingerprint density at radius 1 is 1.69 bits per heavy atom. The van der Waals surface area contributed by atoms with Crippen LogP contribution in [0.2, 0.25) is 0 Å². The fraction of sp³-hybridized carbons (Fsp3) is 0.500. The van der Waals surface area contributed by atoms with Crippen LogP contribution in [0.3, 0.4) is 0 Å². The maximum atomic E-state index is 10.8. The van der Waals surface area contributed by atoms with Crippen molar-refractivity contribution in [3.05, 3.63) is 27.4 Å². The van der Waals surface area contributed by atoms with E-state index < -0.39 is 0 Å². The Hall–Kier alpha value is -0.940. The van der Waals surface area contributed by atoms with Gasteiger partial charge in [-0.1, -0.05) is 0 Å². The highest BCUT2D eigenvalue weighted by Gasteiger charge is 1.92. The summed E-state index contributed by atoms with van der Waals surface area (Å²) in [5.41, 5.74) is -0.159. The van der Waals surface area contributed by atoms with Crippen molar-refractivity contribution < 1.29 is 4.74 Å². The molecule has 0 saturated carbocycles. The molecule has 0 bridgehead atoms. The van der Waals surface area contributed by atoms with E-state index in [2.05, 4.69) is 4.98 Å². The molecule has 1 aromatic rings. The molecule has 72 valence electrons. The van der Waals surface area contributed by atoms with Gasteiger partial charge in [0.25, 0.3) is 5.56 Å². The van der Waals surface area contributed by atoms with Gasteiger partial charge in [0.15, 0.2) is 4.77 Å². The number of nitrogens with one attached hydrogen (secondary N) is 1. The summed E-state index contributed by atoms with van der Waals surface area (Å²) in [5, 5.41) is 0. The first kappa shape index (κ1) is 10.1. The number of aryl methyl sites for hydroxylation is 1. The monoisotopic (exact) mass is 200 g/mol. The lowest BCUT2D eigenvalue weighted by Crippen LogP contribution is -2.11. The number of aromatic amines is 1. The predicted octanol–water partition coefficient (Wildman–Crippen LogP) is 0.942. The van der Waals surface area contributed by atoms with Gasteiger partial charge in [0.2, 0.25) is 0 Å². The third-order valence-corrected chi connectivity index (χ3v) is 1.98. The molecule has 1 aromatic heterocycles. The second kappa shape index (κ2) is 4.94. The first-order valence-corrected chi connectivity index (χ1v) is 4.43. The van der Waals surface area contributed by atoms with Gasteiger partial charge in [-0.15, -0.1) is 0 Å². The zero-order chi connectivity index (χ0) is 9.68. The van der Waals surface area contributed by atoms with Gasteiger partial charge in [-0.2, -0.15) is 0 Å². The standard InChI is InChI=1S/C8H12N2O2S/c1-12-6-2-4-10-5-3-7(11)9-8(10)13/h3,5H,2,4,6H2,1H3,(H,9,11,13). The quantitative estimate of drug-likeness (QED) is 0.581. The third kappa shape index (κ3) is 3.12. The summed E-state index contributed by atoms with van der Waals surface area (Å²) in [6, 6.07) is 1.46. The van der Waals surface area contributed by atoms with Crippen molar-refractivity contribution in [1.29, 1.82) is 0 Å². The number of methoxy groups -OCH3 is 1. The number of ether oxygens (including phenoxy) is 1. The Kier molecular flexibility index (Phi) is 3.85. The lowest BCUT2D eigenvalue weighted by atomic mass is 10.4. The van der Waals surface area contributed by atoms with Crippen LogP contribution in [-0.4, -0.2) is 23.3 Å². The highest BCUT2D eigenvalue weighted by atomic mass is 32.1. The van der Waals surface area contributed by atoms with Crippen molar-refractivity contribution in [2.45, 2.75) is 13.0 Å². The molecule has 0 spiro atoms. The molecule has 0 fully saturated rings. The van der Waals surface area contributed by atoms with Gasteiger partial charge < -0.3 is 9.30 Å². The van der Waals surface area contributed by atoms with Crippen LogP contribution in [-0.2, 0) is 11.3 Å². The van der Waals surface area contributed by atoms with Crippen LogP contribution in [0.4, 0.5) is 0 Å². The molecule has 4 nitrogen and oxygen atoms in total. The van der Waals surface area contributed by atoms with E-state index >= 15 is 0 Å². The maximum absolute atomic E-state index is 10.8. The van der Waals surface area contributed by atoms with Crippen molar-refractivity contribution in [1.82, 2.24) is 9.55 Å². The van der Waals surface area contributed by atoms with E-state index in [1.165, 1.54) is 6.07 Å². The summed E-state index contributed by atoms with van der Waals surface area (Å²) in [5.74, 6) is 0. The fourth-order valence-corrected chi connectivity index (χ4v) is 1.25. The summed E-state index contributed by atoms with van der Waals surface area (Å²) in [6.45, 7) is 1.46. The summed E-state index contributed by atoms with van der Waals surface area (Å²) in [6.07, 6.45) is 2.58. The maximum Gasteiger partial charge on any atom is 0.251 e. The molecule has 0 aromatic carbocycles. The Morgan fingerprint density at radius 3 is 3.08 bits per heavy atom. The smallest absolute Gasteiger partial charge is 0.251 e. The number of hydrogen-bond donors (Lipinski definition) is 1. The van der Waals surface area contributed by atoms with Gasteiger partial charge >= 0.3 is 0 Å². The van der Waals surface area contributed by atoms with Gasteiger partial charge in [0, 0.05) is 32.5 Å². The summed E-state index contributed by atoms with van der Waals surface area (Å²) in [4.78, 5) is 13.4. The minimum absolute atomic E-state index is 0.159. The third-order valence-electron chi connectivity index (χ3n) is 1.64. The Labute approximate surface area is 81.2 Å². The van der Waals surface area contributed by atoms with Gasteiger partial charge in [-0.05, 0) is 18.6 Å². The topological polar surface area (TPSA) is 47.0 Å². The Morgan fingerprint density at radius 2 is 2.46 bits per heavy atom. The summed E-state index contributed by atoms with van der Waals surface area (Å²) in [7, 11) is 1.66. The van der Waals surface area contributed by atoms with Crippen LogP contribution in [0.25, 0.3) is 0 Å². The molecule has 1 heterocycles. The molecule has 0 aliphatic rings. The number of nitrogens with zero attached hydrogens (tertiary/aromatic N) is 1. The van der Waals surface area contributed by atoms with E-state index in [-0.39, 0.29) is 5.56 Å². The van der Waals surface area contributed by atoms with Gasteiger partial charge in [-0.25, -0.2) is 0 Å². The summed E-state index contributed by atoms with van der Waals surface area (Å²) >= 11 is 4.96. The lowest BCUT2D eigenvalue weighted by Gasteiger charge is -2.04. The molecule has 0 aliphatic heterocycles.